The molecule has 1 aliphatic heterocycles. The van der Waals surface area contributed by atoms with Gasteiger partial charge in [0.15, 0.2) is 0 Å². The molecule has 0 radical (unpaired) electrons. The molecule has 1 aliphatic carbocycles. The monoisotopic (exact) mass is 441 g/mol. The Kier molecular flexibility index (Phi) is 6.59. The van der Waals surface area contributed by atoms with Crippen LogP contribution in [0.25, 0.3) is 11.3 Å². The number of hydrogen-bond donors (Lipinski definition) is 2. The molecule has 2 aliphatic rings. The molecule has 170 valence electrons. The fraction of sp³-hybridized carbons (Fsp3) is 0.407. The van der Waals surface area contributed by atoms with Gasteiger partial charge in [-0.15, -0.1) is 0 Å². The number of nitrogens with one attached hydrogen (secondary N) is 2. The normalized spacial score (nSPS) is 23.1. The Morgan fingerprint density at radius 3 is 2.64 bits per heavy atom. The van der Waals surface area contributed by atoms with Crippen molar-refractivity contribution in [3.63, 3.8) is 0 Å². The zero-order valence-corrected chi connectivity index (χ0v) is 18.9. The molecule has 1 saturated heterocycles. The number of hydrogen-bond acceptors (Lipinski definition) is 6. The van der Waals surface area contributed by atoms with E-state index in [1.165, 1.54) is 37.8 Å². The number of nitriles is 1. The molecule has 0 unspecified atom stereocenters. The first-order chi connectivity index (χ1) is 16.3. The van der Waals surface area contributed by atoms with Crippen LogP contribution >= 0.6 is 0 Å². The molecule has 2 fully saturated rings. The smallest absolute Gasteiger partial charge is 0.134 e. The second-order valence-electron chi connectivity index (χ2n) is 9.16. The van der Waals surface area contributed by atoms with Gasteiger partial charge >= 0.3 is 0 Å². The van der Waals surface area contributed by atoms with Gasteiger partial charge in [0.25, 0.3) is 0 Å². The topological polar surface area (TPSA) is 77.1 Å². The summed E-state index contributed by atoms with van der Waals surface area (Å²) in [6, 6.07) is 19.4. The minimum atomic E-state index is 0.364. The van der Waals surface area contributed by atoms with Crippen molar-refractivity contribution in [1.82, 2.24) is 10.3 Å². The van der Waals surface area contributed by atoms with Gasteiger partial charge in [-0.1, -0.05) is 12.8 Å². The SMILES string of the molecule is N#Cc1ccc(N2CCC[C@H](N[C@@H]3CCCC[C@H]3Nc3cc(-c4ccco4)ccn3)C2)cc1. The van der Waals surface area contributed by atoms with E-state index in [0.29, 0.717) is 23.7 Å². The maximum absolute atomic E-state index is 9.07. The lowest BCUT2D eigenvalue weighted by atomic mass is 9.89. The van der Waals surface area contributed by atoms with Gasteiger partial charge in [0.05, 0.1) is 17.9 Å². The maximum atomic E-state index is 9.07. The fourth-order valence-corrected chi connectivity index (χ4v) is 5.20. The zero-order valence-electron chi connectivity index (χ0n) is 18.9. The minimum Gasteiger partial charge on any atom is -0.464 e. The van der Waals surface area contributed by atoms with Crippen molar-refractivity contribution in [2.45, 2.75) is 56.7 Å². The van der Waals surface area contributed by atoms with E-state index in [2.05, 4.69) is 44.8 Å². The number of anilines is 2. The summed E-state index contributed by atoms with van der Waals surface area (Å²) < 4.78 is 5.56. The van der Waals surface area contributed by atoms with Crippen molar-refractivity contribution in [2.75, 3.05) is 23.3 Å². The van der Waals surface area contributed by atoms with Crippen molar-refractivity contribution < 1.29 is 4.42 Å². The highest BCUT2D eigenvalue weighted by molar-refractivity contribution is 5.61. The number of pyridine rings is 1. The number of benzene rings is 1. The van der Waals surface area contributed by atoms with Crippen LogP contribution in [-0.2, 0) is 0 Å². The fourth-order valence-electron chi connectivity index (χ4n) is 5.20. The van der Waals surface area contributed by atoms with Gasteiger partial charge in [-0.25, -0.2) is 4.98 Å². The Balaban J connectivity index is 1.23. The lowest BCUT2D eigenvalue weighted by Gasteiger charge is -2.40. The van der Waals surface area contributed by atoms with E-state index in [4.69, 9.17) is 9.68 Å². The molecule has 33 heavy (non-hydrogen) atoms. The first-order valence-electron chi connectivity index (χ1n) is 12.1. The highest BCUT2D eigenvalue weighted by atomic mass is 16.3. The van der Waals surface area contributed by atoms with E-state index < -0.39 is 0 Å². The van der Waals surface area contributed by atoms with E-state index in [0.717, 1.165) is 36.7 Å². The van der Waals surface area contributed by atoms with E-state index in [1.807, 2.05) is 36.5 Å². The maximum Gasteiger partial charge on any atom is 0.134 e. The largest absolute Gasteiger partial charge is 0.464 e. The van der Waals surface area contributed by atoms with Crippen LogP contribution in [0, 0.1) is 11.3 Å². The Bertz CT molecular complexity index is 1070. The number of rotatable bonds is 6. The van der Waals surface area contributed by atoms with Crippen molar-refractivity contribution in [3.8, 4) is 17.4 Å². The van der Waals surface area contributed by atoms with Crippen LogP contribution in [0.2, 0.25) is 0 Å². The summed E-state index contributed by atoms with van der Waals surface area (Å²) in [7, 11) is 0. The first-order valence-corrected chi connectivity index (χ1v) is 12.1. The van der Waals surface area contributed by atoms with E-state index >= 15 is 0 Å². The summed E-state index contributed by atoms with van der Waals surface area (Å²) in [6.45, 7) is 2.07. The molecule has 0 bridgehead atoms. The first kappa shape index (κ1) is 21.5. The van der Waals surface area contributed by atoms with Gasteiger partial charge in [-0.05, 0) is 74.2 Å². The molecule has 1 saturated carbocycles. The predicted octanol–water partition coefficient (Wildman–Crippen LogP) is 5.19. The molecule has 0 spiro atoms. The van der Waals surface area contributed by atoms with E-state index in [-0.39, 0.29) is 0 Å². The zero-order chi connectivity index (χ0) is 22.5. The molecular formula is C27H31N5O. The summed E-state index contributed by atoms with van der Waals surface area (Å²) in [5, 5.41) is 16.8. The average molecular weight is 442 g/mol. The molecular weight excluding hydrogens is 410 g/mol. The molecule has 3 atom stereocenters. The summed E-state index contributed by atoms with van der Waals surface area (Å²) in [4.78, 5) is 7.03. The number of nitrogens with zero attached hydrogens (tertiary/aromatic N) is 3. The molecule has 6 heteroatoms. The van der Waals surface area contributed by atoms with Gasteiger partial charge in [-0.3, -0.25) is 0 Å². The lowest BCUT2D eigenvalue weighted by Crippen LogP contribution is -2.54. The Labute approximate surface area is 195 Å². The van der Waals surface area contributed by atoms with Crippen molar-refractivity contribution in [3.05, 3.63) is 66.6 Å². The summed E-state index contributed by atoms with van der Waals surface area (Å²) in [5.74, 6) is 1.77. The quantitative estimate of drug-likeness (QED) is 0.548. The van der Waals surface area contributed by atoms with Crippen LogP contribution in [-0.4, -0.2) is 36.2 Å². The summed E-state index contributed by atoms with van der Waals surface area (Å²) in [5.41, 5.74) is 2.97. The minimum absolute atomic E-state index is 0.364. The Morgan fingerprint density at radius 1 is 1.00 bits per heavy atom. The Morgan fingerprint density at radius 2 is 1.85 bits per heavy atom. The van der Waals surface area contributed by atoms with Gasteiger partial charge in [0, 0.05) is 48.7 Å². The molecule has 0 amide bonds. The van der Waals surface area contributed by atoms with Gasteiger partial charge in [-0.2, -0.15) is 5.26 Å². The third-order valence-electron chi connectivity index (χ3n) is 6.90. The third-order valence-corrected chi connectivity index (χ3v) is 6.90. The van der Waals surface area contributed by atoms with Crippen LogP contribution in [0.3, 0.4) is 0 Å². The van der Waals surface area contributed by atoms with Crippen LogP contribution in [0.4, 0.5) is 11.5 Å². The second-order valence-corrected chi connectivity index (χ2v) is 9.16. The van der Waals surface area contributed by atoms with E-state index in [9.17, 15) is 0 Å². The number of furan rings is 1. The highest BCUT2D eigenvalue weighted by Crippen LogP contribution is 2.27. The van der Waals surface area contributed by atoms with Crippen LogP contribution in [0.15, 0.2) is 65.4 Å². The van der Waals surface area contributed by atoms with Crippen molar-refractivity contribution in [1.29, 1.82) is 5.26 Å². The van der Waals surface area contributed by atoms with Crippen LogP contribution in [0.1, 0.15) is 44.1 Å². The van der Waals surface area contributed by atoms with Crippen molar-refractivity contribution >= 4 is 11.5 Å². The second kappa shape index (κ2) is 10.1. The average Bonchev–Trinajstić information content (AvgIpc) is 3.41. The molecule has 3 heterocycles. The Hall–Kier alpha value is -3.30. The van der Waals surface area contributed by atoms with Gasteiger partial charge < -0.3 is 20.0 Å². The lowest BCUT2D eigenvalue weighted by molar-refractivity contribution is 0.293. The van der Waals surface area contributed by atoms with Crippen LogP contribution < -0.4 is 15.5 Å². The molecule has 3 aromatic rings. The van der Waals surface area contributed by atoms with E-state index in [1.54, 1.807) is 6.26 Å². The molecule has 2 N–H and O–H groups in total. The molecule has 2 aromatic heterocycles. The highest BCUT2D eigenvalue weighted by Gasteiger charge is 2.29. The standard InChI is InChI=1S/C27H31N5O/c28-18-20-9-11-23(12-10-20)32-15-3-5-22(19-32)30-24-6-1-2-7-25(24)31-27-17-21(13-14-29-27)26-8-4-16-33-26/h4,8-14,16-17,22,24-25,30H,1-3,5-7,15,19H2,(H,29,31)/t22-,24+,25+/m0/s1. The number of piperidine rings is 1. The third kappa shape index (κ3) is 5.20. The molecule has 1 aromatic carbocycles. The van der Waals surface area contributed by atoms with Gasteiger partial charge in [0.2, 0.25) is 0 Å². The van der Waals surface area contributed by atoms with Gasteiger partial charge in [0.1, 0.15) is 11.6 Å². The summed E-state index contributed by atoms with van der Waals surface area (Å²) >= 11 is 0. The molecule has 5 rings (SSSR count). The predicted molar refractivity (Wildman–Crippen MR) is 131 cm³/mol. The summed E-state index contributed by atoms with van der Waals surface area (Å²) in [6.07, 6.45) is 10.8. The molecule has 6 nitrogen and oxygen atoms in total. The van der Waals surface area contributed by atoms with Crippen molar-refractivity contribution in [2.24, 2.45) is 0 Å². The number of aromatic nitrogens is 1. The van der Waals surface area contributed by atoms with Crippen LogP contribution in [0.5, 0.6) is 0 Å².